The first-order chi connectivity index (χ1) is 8.16. The van der Waals surface area contributed by atoms with Crippen LogP contribution in [0.1, 0.15) is 30.4 Å². The van der Waals surface area contributed by atoms with Gasteiger partial charge >= 0.3 is 0 Å². The predicted molar refractivity (Wildman–Crippen MR) is 68.8 cm³/mol. The van der Waals surface area contributed by atoms with Crippen LogP contribution in [0.5, 0.6) is 0 Å². The van der Waals surface area contributed by atoms with Crippen molar-refractivity contribution in [2.45, 2.75) is 31.6 Å². The Balaban J connectivity index is 2.23. The quantitative estimate of drug-likeness (QED) is 0.729. The van der Waals surface area contributed by atoms with Gasteiger partial charge in [-0.3, -0.25) is 0 Å². The molecule has 2 nitrogen and oxygen atoms in total. The summed E-state index contributed by atoms with van der Waals surface area (Å²) in [7, 11) is 2.07. The van der Waals surface area contributed by atoms with E-state index in [2.05, 4.69) is 49.0 Å². The van der Waals surface area contributed by atoms with Gasteiger partial charge < -0.3 is 4.57 Å². The highest BCUT2D eigenvalue weighted by molar-refractivity contribution is 5.84. The molecule has 0 bridgehead atoms. The third kappa shape index (κ3) is 1.32. The van der Waals surface area contributed by atoms with E-state index in [1.165, 1.54) is 28.5 Å². The zero-order valence-corrected chi connectivity index (χ0v) is 10.3. The topological polar surface area (TPSA) is 28.7 Å². The molecular weight excluding hydrogens is 208 g/mol. The fourth-order valence-electron chi connectivity index (χ4n) is 2.95. The van der Waals surface area contributed by atoms with E-state index >= 15 is 0 Å². The van der Waals surface area contributed by atoms with Crippen LogP contribution >= 0.6 is 0 Å². The Morgan fingerprint density at radius 1 is 1.35 bits per heavy atom. The van der Waals surface area contributed by atoms with Crippen molar-refractivity contribution in [1.29, 1.82) is 5.26 Å². The van der Waals surface area contributed by atoms with Gasteiger partial charge in [-0.15, -0.1) is 0 Å². The van der Waals surface area contributed by atoms with Gasteiger partial charge in [0.1, 0.15) is 0 Å². The normalized spacial score (nSPS) is 17.7. The number of nitriles is 1. The minimum Gasteiger partial charge on any atom is -0.350 e. The average molecular weight is 224 g/mol. The molecule has 86 valence electrons. The molecule has 17 heavy (non-hydrogen) atoms. The first-order valence-corrected chi connectivity index (χ1v) is 6.14. The van der Waals surface area contributed by atoms with Crippen LogP contribution in [0.25, 0.3) is 10.9 Å². The van der Waals surface area contributed by atoms with Crippen molar-refractivity contribution in [2.75, 3.05) is 0 Å². The minimum atomic E-state index is -0.200. The summed E-state index contributed by atoms with van der Waals surface area (Å²) < 4.78 is 2.15. The van der Waals surface area contributed by atoms with Crippen LogP contribution in [0.3, 0.4) is 0 Å². The molecule has 1 saturated carbocycles. The Labute approximate surface area is 101 Å². The Bertz CT molecular complexity index is 624. The molecule has 1 aromatic heterocycles. The summed E-state index contributed by atoms with van der Waals surface area (Å²) in [5.41, 5.74) is 3.56. The number of fused-ring (bicyclic) bond motifs is 1. The van der Waals surface area contributed by atoms with Crippen molar-refractivity contribution in [3.63, 3.8) is 0 Å². The molecular formula is C15H16N2. The lowest BCUT2D eigenvalue weighted by Crippen LogP contribution is -2.32. The maximum Gasteiger partial charge on any atom is 0.0822 e. The van der Waals surface area contributed by atoms with E-state index in [0.29, 0.717) is 0 Å². The van der Waals surface area contributed by atoms with E-state index in [9.17, 15) is 5.26 Å². The molecule has 0 unspecified atom stereocenters. The summed E-state index contributed by atoms with van der Waals surface area (Å²) in [6.07, 6.45) is 5.29. The van der Waals surface area contributed by atoms with Crippen LogP contribution in [0.4, 0.5) is 0 Å². The monoisotopic (exact) mass is 224 g/mol. The van der Waals surface area contributed by atoms with Crippen LogP contribution in [-0.4, -0.2) is 4.57 Å². The molecule has 0 radical (unpaired) electrons. The summed E-state index contributed by atoms with van der Waals surface area (Å²) in [5, 5.41) is 10.7. The van der Waals surface area contributed by atoms with Gasteiger partial charge in [-0.2, -0.15) is 5.26 Å². The van der Waals surface area contributed by atoms with Gasteiger partial charge in [0.15, 0.2) is 0 Å². The molecule has 1 heterocycles. The third-order valence-electron chi connectivity index (χ3n) is 4.13. The first kappa shape index (κ1) is 10.4. The van der Waals surface area contributed by atoms with Gasteiger partial charge in [0, 0.05) is 18.6 Å². The number of nitrogens with zero attached hydrogens (tertiary/aromatic N) is 2. The molecule has 0 aliphatic heterocycles. The van der Waals surface area contributed by atoms with Crippen molar-refractivity contribution >= 4 is 10.9 Å². The third-order valence-corrected chi connectivity index (χ3v) is 4.13. The van der Waals surface area contributed by atoms with Crippen LogP contribution in [0.15, 0.2) is 24.4 Å². The minimum absolute atomic E-state index is 0.200. The second-order valence-electron chi connectivity index (χ2n) is 5.21. The maximum absolute atomic E-state index is 9.40. The predicted octanol–water partition coefficient (Wildman–Crippen LogP) is 3.43. The molecule has 0 atom stereocenters. The van der Waals surface area contributed by atoms with E-state index in [-0.39, 0.29) is 5.41 Å². The summed E-state index contributed by atoms with van der Waals surface area (Å²) >= 11 is 0. The molecule has 2 aromatic rings. The van der Waals surface area contributed by atoms with Crippen molar-refractivity contribution in [3.05, 3.63) is 35.5 Å². The van der Waals surface area contributed by atoms with Gasteiger partial charge in [0.2, 0.25) is 0 Å². The molecule has 1 aliphatic rings. The number of benzene rings is 1. The average Bonchev–Trinajstić information content (AvgIpc) is 2.60. The molecule has 0 saturated heterocycles. The largest absolute Gasteiger partial charge is 0.350 e. The Kier molecular flexibility index (Phi) is 2.06. The van der Waals surface area contributed by atoms with Gasteiger partial charge in [-0.05, 0) is 49.4 Å². The van der Waals surface area contributed by atoms with Crippen molar-refractivity contribution in [1.82, 2.24) is 4.57 Å². The molecule has 1 aromatic carbocycles. The zero-order valence-electron chi connectivity index (χ0n) is 10.3. The Morgan fingerprint density at radius 3 is 2.71 bits per heavy atom. The molecule has 3 rings (SSSR count). The van der Waals surface area contributed by atoms with Gasteiger partial charge in [0.25, 0.3) is 0 Å². The fraction of sp³-hybridized carbons (Fsp3) is 0.400. The summed E-state index contributed by atoms with van der Waals surface area (Å²) in [5.74, 6) is 0. The Morgan fingerprint density at radius 2 is 2.12 bits per heavy atom. The van der Waals surface area contributed by atoms with Crippen LogP contribution in [0, 0.1) is 18.3 Å². The van der Waals surface area contributed by atoms with Gasteiger partial charge in [-0.1, -0.05) is 6.07 Å². The lowest BCUT2D eigenvalue weighted by atomic mass is 9.65. The molecule has 1 aliphatic carbocycles. The second kappa shape index (κ2) is 3.37. The smallest absolute Gasteiger partial charge is 0.0822 e. The van der Waals surface area contributed by atoms with E-state index in [4.69, 9.17) is 0 Å². The van der Waals surface area contributed by atoms with Crippen molar-refractivity contribution < 1.29 is 0 Å². The summed E-state index contributed by atoms with van der Waals surface area (Å²) in [6.45, 7) is 2.13. The molecule has 2 heteroatoms. The van der Waals surface area contributed by atoms with Crippen LogP contribution in [-0.2, 0) is 12.5 Å². The number of hydrogen-bond acceptors (Lipinski definition) is 1. The highest BCUT2D eigenvalue weighted by Crippen LogP contribution is 2.44. The molecule has 1 fully saturated rings. The van der Waals surface area contributed by atoms with Crippen LogP contribution < -0.4 is 0 Å². The van der Waals surface area contributed by atoms with Crippen LogP contribution in [0.2, 0.25) is 0 Å². The standard InChI is InChI=1S/C15H16N2/c1-11-8-13(15(10-16)5-3-6-15)9-12-4-7-17(2)14(11)12/h4,7-9H,3,5-6H2,1-2H3. The lowest BCUT2D eigenvalue weighted by molar-refractivity contribution is 0.324. The number of hydrogen-bond donors (Lipinski definition) is 0. The SMILES string of the molecule is Cc1cc(C2(C#N)CCC2)cc2ccn(C)c12. The fourth-order valence-corrected chi connectivity index (χ4v) is 2.95. The highest BCUT2D eigenvalue weighted by Gasteiger charge is 2.39. The molecule has 0 spiro atoms. The second-order valence-corrected chi connectivity index (χ2v) is 5.21. The van der Waals surface area contributed by atoms with E-state index in [1.807, 2.05) is 0 Å². The highest BCUT2D eigenvalue weighted by atomic mass is 14.9. The summed E-state index contributed by atoms with van der Waals surface area (Å²) in [6, 6.07) is 9.06. The number of aromatic nitrogens is 1. The lowest BCUT2D eigenvalue weighted by Gasteiger charge is -2.36. The van der Waals surface area contributed by atoms with Crippen molar-refractivity contribution in [2.24, 2.45) is 7.05 Å². The van der Waals surface area contributed by atoms with Gasteiger partial charge in [-0.25, -0.2) is 0 Å². The molecule has 0 N–H and O–H groups in total. The van der Waals surface area contributed by atoms with E-state index < -0.39 is 0 Å². The zero-order chi connectivity index (χ0) is 12.0. The number of aryl methyl sites for hydroxylation is 2. The van der Waals surface area contributed by atoms with E-state index in [1.54, 1.807) is 0 Å². The van der Waals surface area contributed by atoms with Gasteiger partial charge in [0.05, 0.1) is 17.0 Å². The Hall–Kier alpha value is -1.75. The summed E-state index contributed by atoms with van der Waals surface area (Å²) in [4.78, 5) is 0. The number of rotatable bonds is 1. The first-order valence-electron chi connectivity index (χ1n) is 6.14. The van der Waals surface area contributed by atoms with Crippen molar-refractivity contribution in [3.8, 4) is 6.07 Å². The van der Waals surface area contributed by atoms with E-state index in [0.717, 1.165) is 12.8 Å². The molecule has 0 amide bonds. The maximum atomic E-state index is 9.40.